The van der Waals surface area contributed by atoms with Gasteiger partial charge in [-0.1, -0.05) is 26.2 Å². The predicted molar refractivity (Wildman–Crippen MR) is 52.7 cm³/mol. The molecule has 0 aromatic carbocycles. The third-order valence-corrected chi connectivity index (χ3v) is 2.90. The molecule has 0 N–H and O–H groups in total. The number of hydrogen-bond acceptors (Lipinski definition) is 2. The highest BCUT2D eigenvalue weighted by molar-refractivity contribution is 5.49. The lowest BCUT2D eigenvalue weighted by Gasteiger charge is -2.28. The second-order valence-electron chi connectivity index (χ2n) is 3.89. The van der Waals surface area contributed by atoms with Gasteiger partial charge in [-0.05, 0) is 18.8 Å². The lowest BCUT2D eigenvalue weighted by molar-refractivity contribution is -0.109. The number of hydrogen-bond donors (Lipinski definition) is 0. The predicted octanol–water partition coefficient (Wildman–Crippen LogP) is 2.56. The van der Waals surface area contributed by atoms with Crippen LogP contribution in [0.1, 0.15) is 45.4 Å². The summed E-state index contributed by atoms with van der Waals surface area (Å²) in [5.74, 6) is 0.856. The van der Waals surface area contributed by atoms with Gasteiger partial charge in [-0.3, -0.25) is 0 Å². The first kappa shape index (κ1) is 10.7. The molecular weight excluding hydrogens is 164 g/mol. The lowest BCUT2D eigenvalue weighted by atomic mass is 9.85. The van der Waals surface area contributed by atoms with E-state index in [-0.39, 0.29) is 0 Å². The first-order valence-corrected chi connectivity index (χ1v) is 5.42. The molecule has 76 valence electrons. The van der Waals surface area contributed by atoms with Crippen LogP contribution in [0.3, 0.4) is 0 Å². The van der Waals surface area contributed by atoms with E-state index in [1.54, 1.807) is 0 Å². The number of ether oxygens (including phenoxy) is 1. The molecule has 0 aromatic rings. The number of carbonyl (C=O) groups is 1. The molecule has 0 saturated heterocycles. The van der Waals surface area contributed by atoms with Gasteiger partial charge in [0, 0.05) is 6.42 Å². The van der Waals surface area contributed by atoms with Crippen molar-refractivity contribution in [3.05, 3.63) is 0 Å². The van der Waals surface area contributed by atoms with E-state index in [4.69, 9.17) is 4.74 Å². The maximum Gasteiger partial charge on any atom is 0.122 e. The van der Waals surface area contributed by atoms with Crippen molar-refractivity contribution in [3.8, 4) is 0 Å². The summed E-state index contributed by atoms with van der Waals surface area (Å²) in [4.78, 5) is 10.1. The first-order chi connectivity index (χ1) is 6.36. The Kier molecular flexibility index (Phi) is 5.06. The minimum atomic E-state index is 0.429. The SMILES string of the molecule is CCC1CCCC(OCCC=O)C1. The van der Waals surface area contributed by atoms with Crippen LogP contribution in [-0.2, 0) is 9.53 Å². The number of rotatable bonds is 5. The van der Waals surface area contributed by atoms with Crippen molar-refractivity contribution in [2.45, 2.75) is 51.6 Å². The van der Waals surface area contributed by atoms with Crippen LogP contribution in [0.2, 0.25) is 0 Å². The van der Waals surface area contributed by atoms with Gasteiger partial charge < -0.3 is 9.53 Å². The van der Waals surface area contributed by atoms with Gasteiger partial charge in [-0.2, -0.15) is 0 Å². The lowest BCUT2D eigenvalue weighted by Crippen LogP contribution is -2.23. The molecule has 13 heavy (non-hydrogen) atoms. The van der Waals surface area contributed by atoms with Crippen molar-refractivity contribution in [1.82, 2.24) is 0 Å². The molecule has 1 saturated carbocycles. The molecule has 0 heterocycles. The second kappa shape index (κ2) is 6.14. The van der Waals surface area contributed by atoms with Crippen LogP contribution in [0.5, 0.6) is 0 Å². The summed E-state index contributed by atoms with van der Waals surface area (Å²) in [6.07, 6.45) is 8.23. The van der Waals surface area contributed by atoms with Crippen molar-refractivity contribution in [3.63, 3.8) is 0 Å². The zero-order valence-corrected chi connectivity index (χ0v) is 8.50. The summed E-state index contributed by atoms with van der Waals surface area (Å²) >= 11 is 0. The Labute approximate surface area is 80.7 Å². The van der Waals surface area contributed by atoms with E-state index in [0.717, 1.165) is 12.2 Å². The Balaban J connectivity index is 2.14. The van der Waals surface area contributed by atoms with E-state index in [1.807, 2.05) is 0 Å². The Morgan fingerprint density at radius 1 is 1.46 bits per heavy atom. The quantitative estimate of drug-likeness (QED) is 0.485. The van der Waals surface area contributed by atoms with Crippen molar-refractivity contribution in [2.75, 3.05) is 6.61 Å². The van der Waals surface area contributed by atoms with E-state index in [1.165, 1.54) is 32.1 Å². The monoisotopic (exact) mass is 184 g/mol. The molecule has 0 radical (unpaired) electrons. The van der Waals surface area contributed by atoms with Crippen LogP contribution < -0.4 is 0 Å². The molecule has 0 bridgehead atoms. The van der Waals surface area contributed by atoms with Gasteiger partial charge in [-0.25, -0.2) is 0 Å². The van der Waals surface area contributed by atoms with E-state index in [0.29, 0.717) is 19.1 Å². The normalized spacial score (nSPS) is 28.7. The summed E-state index contributed by atoms with van der Waals surface area (Å²) in [6.45, 7) is 2.86. The first-order valence-electron chi connectivity index (χ1n) is 5.42. The van der Waals surface area contributed by atoms with Crippen molar-refractivity contribution in [2.24, 2.45) is 5.92 Å². The minimum Gasteiger partial charge on any atom is -0.378 e. The Morgan fingerprint density at radius 2 is 2.31 bits per heavy atom. The summed E-state index contributed by atoms with van der Waals surface area (Å²) in [5, 5.41) is 0. The fourth-order valence-corrected chi connectivity index (χ4v) is 2.05. The van der Waals surface area contributed by atoms with E-state index >= 15 is 0 Å². The highest BCUT2D eigenvalue weighted by atomic mass is 16.5. The van der Waals surface area contributed by atoms with Gasteiger partial charge in [-0.15, -0.1) is 0 Å². The van der Waals surface area contributed by atoms with Gasteiger partial charge in [0.25, 0.3) is 0 Å². The third-order valence-electron chi connectivity index (χ3n) is 2.90. The van der Waals surface area contributed by atoms with Crippen LogP contribution in [0, 0.1) is 5.92 Å². The molecule has 2 unspecified atom stereocenters. The third kappa shape index (κ3) is 3.90. The van der Waals surface area contributed by atoms with Gasteiger partial charge in [0.1, 0.15) is 6.29 Å². The molecule has 2 nitrogen and oxygen atoms in total. The molecular formula is C11H20O2. The molecule has 1 aliphatic rings. The van der Waals surface area contributed by atoms with Gasteiger partial charge >= 0.3 is 0 Å². The summed E-state index contributed by atoms with van der Waals surface area (Å²) in [7, 11) is 0. The van der Waals surface area contributed by atoms with Gasteiger partial charge in [0.2, 0.25) is 0 Å². The van der Waals surface area contributed by atoms with E-state index in [2.05, 4.69) is 6.92 Å². The summed E-state index contributed by atoms with van der Waals surface area (Å²) in [5.41, 5.74) is 0. The topological polar surface area (TPSA) is 26.3 Å². The molecule has 2 atom stereocenters. The molecule has 1 fully saturated rings. The zero-order chi connectivity index (χ0) is 9.52. The average molecular weight is 184 g/mol. The molecule has 0 aromatic heterocycles. The summed E-state index contributed by atoms with van der Waals surface area (Å²) < 4.78 is 5.62. The van der Waals surface area contributed by atoms with Crippen LogP contribution >= 0.6 is 0 Å². The average Bonchev–Trinajstić information content (AvgIpc) is 2.19. The molecule has 2 heteroatoms. The molecule has 1 aliphatic carbocycles. The minimum absolute atomic E-state index is 0.429. The van der Waals surface area contributed by atoms with Crippen molar-refractivity contribution >= 4 is 6.29 Å². The number of aldehydes is 1. The molecule has 0 aliphatic heterocycles. The Bertz CT molecular complexity index is 145. The fourth-order valence-electron chi connectivity index (χ4n) is 2.05. The Hall–Kier alpha value is -0.370. The maximum atomic E-state index is 10.1. The van der Waals surface area contributed by atoms with Crippen molar-refractivity contribution in [1.29, 1.82) is 0 Å². The van der Waals surface area contributed by atoms with Crippen LogP contribution in [0.4, 0.5) is 0 Å². The molecule has 0 amide bonds. The number of carbonyl (C=O) groups excluding carboxylic acids is 1. The zero-order valence-electron chi connectivity index (χ0n) is 8.50. The summed E-state index contributed by atoms with van der Waals surface area (Å²) in [6, 6.07) is 0. The van der Waals surface area contributed by atoms with Gasteiger partial charge in [0.15, 0.2) is 0 Å². The Morgan fingerprint density at radius 3 is 3.00 bits per heavy atom. The van der Waals surface area contributed by atoms with Gasteiger partial charge in [0.05, 0.1) is 12.7 Å². The maximum absolute atomic E-state index is 10.1. The smallest absolute Gasteiger partial charge is 0.122 e. The van der Waals surface area contributed by atoms with E-state index in [9.17, 15) is 4.79 Å². The fraction of sp³-hybridized carbons (Fsp3) is 0.909. The highest BCUT2D eigenvalue weighted by Crippen LogP contribution is 2.28. The molecule has 1 rings (SSSR count). The van der Waals surface area contributed by atoms with Crippen LogP contribution in [0.25, 0.3) is 0 Å². The van der Waals surface area contributed by atoms with E-state index < -0.39 is 0 Å². The second-order valence-corrected chi connectivity index (χ2v) is 3.89. The highest BCUT2D eigenvalue weighted by Gasteiger charge is 2.20. The standard InChI is InChI=1S/C11H20O2/c1-2-10-5-3-6-11(9-10)13-8-4-7-12/h7,10-11H,2-6,8-9H2,1H3. The largest absolute Gasteiger partial charge is 0.378 e. The van der Waals surface area contributed by atoms with Crippen LogP contribution in [0.15, 0.2) is 0 Å². The molecule has 0 spiro atoms. The van der Waals surface area contributed by atoms with Crippen LogP contribution in [-0.4, -0.2) is 19.0 Å². The van der Waals surface area contributed by atoms with Crippen molar-refractivity contribution < 1.29 is 9.53 Å².